The van der Waals surface area contributed by atoms with Crippen LogP contribution in [0, 0.1) is 20.8 Å². The lowest BCUT2D eigenvalue weighted by Gasteiger charge is -2.16. The first-order valence-electron chi connectivity index (χ1n) is 9.24. The fraction of sp³-hybridized carbons (Fsp3) is 0.429. The molecule has 2 amide bonds. The molecule has 1 aliphatic rings. The van der Waals surface area contributed by atoms with Gasteiger partial charge in [0.2, 0.25) is 5.91 Å². The van der Waals surface area contributed by atoms with Crippen molar-refractivity contribution >= 4 is 11.8 Å². The highest BCUT2D eigenvalue weighted by molar-refractivity contribution is 6.02. The number of aromatic nitrogens is 1. The molecule has 1 fully saturated rings. The number of nitrogens with two attached hydrogens (primary N) is 1. The van der Waals surface area contributed by atoms with Crippen molar-refractivity contribution in [2.24, 2.45) is 5.73 Å². The van der Waals surface area contributed by atoms with Crippen LogP contribution in [0.4, 0.5) is 0 Å². The van der Waals surface area contributed by atoms with Crippen molar-refractivity contribution in [2.45, 2.75) is 46.6 Å². The number of hydrogen-bond donors (Lipinski definition) is 1. The molecule has 0 radical (unpaired) electrons. The van der Waals surface area contributed by atoms with Crippen molar-refractivity contribution < 1.29 is 9.59 Å². The highest BCUT2D eigenvalue weighted by atomic mass is 16.2. The minimum atomic E-state index is -0.394. The smallest absolute Gasteiger partial charge is 0.251 e. The highest BCUT2D eigenvalue weighted by Crippen LogP contribution is 2.32. The van der Waals surface area contributed by atoms with Crippen LogP contribution in [0.2, 0.25) is 0 Å². The Labute approximate surface area is 154 Å². The van der Waals surface area contributed by atoms with E-state index in [0.717, 1.165) is 55.0 Å². The van der Waals surface area contributed by atoms with Gasteiger partial charge in [0.05, 0.1) is 5.56 Å². The van der Waals surface area contributed by atoms with Gasteiger partial charge in [-0.25, -0.2) is 0 Å². The van der Waals surface area contributed by atoms with Gasteiger partial charge >= 0.3 is 0 Å². The zero-order valence-electron chi connectivity index (χ0n) is 15.8. The van der Waals surface area contributed by atoms with E-state index in [4.69, 9.17) is 5.73 Å². The van der Waals surface area contributed by atoms with E-state index in [1.165, 1.54) is 5.56 Å². The fourth-order valence-corrected chi connectivity index (χ4v) is 3.95. The quantitative estimate of drug-likeness (QED) is 0.866. The molecule has 5 nitrogen and oxygen atoms in total. The Morgan fingerprint density at radius 2 is 1.77 bits per heavy atom. The maximum atomic E-state index is 12.1. The summed E-state index contributed by atoms with van der Waals surface area (Å²) in [5.74, 6) is -0.140. The summed E-state index contributed by atoms with van der Waals surface area (Å²) in [6.07, 6.45) is 2.50. The number of carbonyl (C=O) groups is 2. The van der Waals surface area contributed by atoms with Gasteiger partial charge in [0.25, 0.3) is 5.91 Å². The Kier molecular flexibility index (Phi) is 5.16. The lowest BCUT2D eigenvalue weighted by molar-refractivity contribution is -0.127. The van der Waals surface area contributed by atoms with Gasteiger partial charge in [0, 0.05) is 43.0 Å². The molecule has 5 heteroatoms. The van der Waals surface area contributed by atoms with E-state index in [0.29, 0.717) is 12.0 Å². The van der Waals surface area contributed by atoms with Crippen LogP contribution in [0.1, 0.15) is 46.6 Å². The zero-order chi connectivity index (χ0) is 18.8. The fourth-order valence-electron chi connectivity index (χ4n) is 3.95. The van der Waals surface area contributed by atoms with E-state index in [1.807, 2.05) is 49.9 Å². The Morgan fingerprint density at radius 1 is 1.08 bits per heavy atom. The third kappa shape index (κ3) is 3.39. The van der Waals surface area contributed by atoms with Crippen molar-refractivity contribution in [1.29, 1.82) is 0 Å². The minimum Gasteiger partial charge on any atom is -0.366 e. The Morgan fingerprint density at radius 3 is 2.35 bits per heavy atom. The second kappa shape index (κ2) is 7.36. The van der Waals surface area contributed by atoms with Crippen LogP contribution in [-0.2, 0) is 11.3 Å². The van der Waals surface area contributed by atoms with Crippen molar-refractivity contribution in [3.63, 3.8) is 0 Å². The van der Waals surface area contributed by atoms with E-state index in [1.54, 1.807) is 0 Å². The molecule has 2 heterocycles. The molecule has 1 aromatic heterocycles. The highest BCUT2D eigenvalue weighted by Gasteiger charge is 2.23. The number of nitrogens with zero attached hydrogens (tertiary/aromatic N) is 2. The number of rotatable bonds is 6. The number of carbonyl (C=O) groups excluding carboxylic acids is 2. The van der Waals surface area contributed by atoms with Crippen LogP contribution in [0.25, 0.3) is 11.1 Å². The largest absolute Gasteiger partial charge is 0.366 e. The van der Waals surface area contributed by atoms with E-state index in [9.17, 15) is 9.59 Å². The summed E-state index contributed by atoms with van der Waals surface area (Å²) in [5.41, 5.74) is 11.4. The molecular weight excluding hydrogens is 326 g/mol. The molecular formula is C21H27N3O2. The number of primary amides is 1. The Balaban J connectivity index is 1.88. The molecule has 0 bridgehead atoms. The molecule has 3 rings (SSSR count). The van der Waals surface area contributed by atoms with Gasteiger partial charge in [-0.1, -0.05) is 29.8 Å². The van der Waals surface area contributed by atoms with Crippen LogP contribution in [0.15, 0.2) is 24.3 Å². The van der Waals surface area contributed by atoms with Gasteiger partial charge in [-0.3, -0.25) is 9.59 Å². The van der Waals surface area contributed by atoms with E-state index in [-0.39, 0.29) is 5.91 Å². The van der Waals surface area contributed by atoms with Crippen LogP contribution in [-0.4, -0.2) is 34.4 Å². The van der Waals surface area contributed by atoms with Gasteiger partial charge in [0.1, 0.15) is 0 Å². The van der Waals surface area contributed by atoms with Crippen molar-refractivity contribution in [1.82, 2.24) is 9.47 Å². The molecule has 138 valence electrons. The van der Waals surface area contributed by atoms with Gasteiger partial charge in [-0.15, -0.1) is 0 Å². The SMILES string of the molecule is Cc1ccc(-c2c(C(N)=O)c(C)n(CCCN3CCCC3=O)c2C)cc1. The van der Waals surface area contributed by atoms with Gasteiger partial charge in [-0.05, 0) is 39.2 Å². The monoisotopic (exact) mass is 353 g/mol. The van der Waals surface area contributed by atoms with Crippen molar-refractivity contribution in [2.75, 3.05) is 13.1 Å². The standard InChI is InChI=1S/C21H27N3O2/c1-14-7-9-17(10-8-14)19-15(2)24(16(3)20(19)21(22)26)13-5-12-23-11-4-6-18(23)25/h7-10H,4-6,11-13H2,1-3H3,(H2,22,26). The third-order valence-corrected chi connectivity index (χ3v) is 5.35. The van der Waals surface area contributed by atoms with Crippen LogP contribution in [0.5, 0.6) is 0 Å². The molecule has 2 N–H and O–H groups in total. The zero-order valence-corrected chi connectivity index (χ0v) is 15.8. The van der Waals surface area contributed by atoms with Crippen molar-refractivity contribution in [3.05, 3.63) is 46.8 Å². The number of aryl methyl sites for hydroxylation is 1. The van der Waals surface area contributed by atoms with E-state index >= 15 is 0 Å². The maximum Gasteiger partial charge on any atom is 0.251 e. The average Bonchev–Trinajstić information content (AvgIpc) is 3.11. The van der Waals surface area contributed by atoms with E-state index < -0.39 is 5.91 Å². The summed E-state index contributed by atoms with van der Waals surface area (Å²) in [6, 6.07) is 8.17. The predicted molar refractivity (Wildman–Crippen MR) is 103 cm³/mol. The summed E-state index contributed by atoms with van der Waals surface area (Å²) in [7, 11) is 0. The van der Waals surface area contributed by atoms with E-state index in [2.05, 4.69) is 4.57 Å². The molecule has 0 spiro atoms. The summed E-state index contributed by atoms with van der Waals surface area (Å²) in [5, 5.41) is 0. The molecule has 1 aromatic carbocycles. The Hall–Kier alpha value is -2.56. The third-order valence-electron chi connectivity index (χ3n) is 5.35. The molecule has 2 aromatic rings. The molecule has 0 aliphatic carbocycles. The first-order chi connectivity index (χ1) is 12.4. The first-order valence-corrected chi connectivity index (χ1v) is 9.24. The van der Waals surface area contributed by atoms with Crippen LogP contribution in [0.3, 0.4) is 0 Å². The van der Waals surface area contributed by atoms with Crippen molar-refractivity contribution in [3.8, 4) is 11.1 Å². The van der Waals surface area contributed by atoms with Crippen LogP contribution < -0.4 is 5.73 Å². The lowest BCUT2D eigenvalue weighted by atomic mass is 9.99. The number of amides is 2. The second-order valence-electron chi connectivity index (χ2n) is 7.14. The summed E-state index contributed by atoms with van der Waals surface area (Å²) < 4.78 is 2.16. The average molecular weight is 353 g/mol. The topological polar surface area (TPSA) is 68.3 Å². The number of benzene rings is 1. The first kappa shape index (κ1) is 18.2. The number of hydrogen-bond acceptors (Lipinski definition) is 2. The van der Waals surface area contributed by atoms with Gasteiger partial charge < -0.3 is 15.2 Å². The van der Waals surface area contributed by atoms with Gasteiger partial charge in [0.15, 0.2) is 0 Å². The molecule has 0 atom stereocenters. The molecule has 0 unspecified atom stereocenters. The normalized spacial score (nSPS) is 14.3. The maximum absolute atomic E-state index is 12.1. The number of likely N-dealkylation sites (tertiary alicyclic amines) is 1. The predicted octanol–water partition coefficient (Wildman–Crippen LogP) is 3.19. The summed E-state index contributed by atoms with van der Waals surface area (Å²) in [4.78, 5) is 25.8. The summed E-state index contributed by atoms with van der Waals surface area (Å²) in [6.45, 7) is 8.43. The molecule has 1 aliphatic heterocycles. The molecule has 1 saturated heterocycles. The van der Waals surface area contributed by atoms with Gasteiger partial charge in [-0.2, -0.15) is 0 Å². The lowest BCUT2D eigenvalue weighted by Crippen LogP contribution is -2.26. The minimum absolute atomic E-state index is 0.254. The Bertz CT molecular complexity index is 834. The molecule has 0 saturated carbocycles. The summed E-state index contributed by atoms with van der Waals surface area (Å²) >= 11 is 0. The molecule has 26 heavy (non-hydrogen) atoms. The van der Waals surface area contributed by atoms with Crippen LogP contribution >= 0.6 is 0 Å². The second-order valence-corrected chi connectivity index (χ2v) is 7.14.